The minimum absolute atomic E-state index is 0. The highest BCUT2D eigenvalue weighted by molar-refractivity contribution is 5.85. The van der Waals surface area contributed by atoms with Gasteiger partial charge in [0.05, 0.1) is 0 Å². The SMILES string of the molecule is CCC1CCCCC1NC(=O)C(C)CNC.Cl. The van der Waals surface area contributed by atoms with Gasteiger partial charge < -0.3 is 10.6 Å². The normalized spacial score (nSPS) is 25.8. The van der Waals surface area contributed by atoms with Crippen LogP contribution < -0.4 is 10.6 Å². The molecule has 0 spiro atoms. The molecule has 3 nitrogen and oxygen atoms in total. The first-order valence-electron chi connectivity index (χ1n) is 6.64. The molecular weight excluding hydrogens is 236 g/mol. The van der Waals surface area contributed by atoms with E-state index >= 15 is 0 Å². The van der Waals surface area contributed by atoms with Gasteiger partial charge in [0, 0.05) is 18.5 Å². The molecule has 4 heteroatoms. The first-order chi connectivity index (χ1) is 7.69. The summed E-state index contributed by atoms with van der Waals surface area (Å²) in [6, 6.07) is 0.422. The number of hydrogen-bond donors (Lipinski definition) is 2. The Balaban J connectivity index is 0.00000256. The minimum Gasteiger partial charge on any atom is -0.353 e. The third-order valence-corrected chi connectivity index (χ3v) is 3.72. The minimum atomic E-state index is 0. The highest BCUT2D eigenvalue weighted by Crippen LogP contribution is 2.26. The van der Waals surface area contributed by atoms with E-state index in [1.54, 1.807) is 0 Å². The maximum Gasteiger partial charge on any atom is 0.224 e. The third kappa shape index (κ3) is 5.26. The number of amides is 1. The summed E-state index contributed by atoms with van der Waals surface area (Å²) in [7, 11) is 1.89. The van der Waals surface area contributed by atoms with Gasteiger partial charge in [-0.1, -0.05) is 33.1 Å². The average molecular weight is 263 g/mol. The van der Waals surface area contributed by atoms with Crippen LogP contribution in [0.4, 0.5) is 0 Å². The van der Waals surface area contributed by atoms with E-state index in [1.165, 1.54) is 25.7 Å². The number of carbonyl (C=O) groups is 1. The standard InChI is InChI=1S/C13H26N2O.ClH/c1-4-11-7-5-6-8-12(11)15-13(16)10(2)9-14-3;/h10-12,14H,4-9H2,1-3H3,(H,15,16);1H. The second-order valence-electron chi connectivity index (χ2n) is 5.03. The molecule has 0 aromatic heterocycles. The van der Waals surface area contributed by atoms with Gasteiger partial charge in [0.15, 0.2) is 0 Å². The first-order valence-corrected chi connectivity index (χ1v) is 6.64. The van der Waals surface area contributed by atoms with Crippen molar-refractivity contribution in [3.05, 3.63) is 0 Å². The molecular formula is C13H27ClN2O. The fraction of sp³-hybridized carbons (Fsp3) is 0.923. The summed E-state index contributed by atoms with van der Waals surface area (Å²) in [5.74, 6) is 0.976. The average Bonchev–Trinajstić information content (AvgIpc) is 2.30. The number of hydrogen-bond acceptors (Lipinski definition) is 2. The Morgan fingerprint density at radius 2 is 2.00 bits per heavy atom. The van der Waals surface area contributed by atoms with E-state index in [0.717, 1.165) is 13.0 Å². The van der Waals surface area contributed by atoms with Crippen LogP contribution in [-0.2, 0) is 4.79 Å². The van der Waals surface area contributed by atoms with Crippen molar-refractivity contribution in [2.45, 2.75) is 52.0 Å². The summed E-state index contributed by atoms with van der Waals surface area (Å²) in [4.78, 5) is 11.9. The molecule has 0 heterocycles. The zero-order valence-corrected chi connectivity index (χ0v) is 12.1. The van der Waals surface area contributed by atoms with Gasteiger partial charge in [-0.25, -0.2) is 0 Å². The van der Waals surface area contributed by atoms with Crippen LogP contribution in [0.15, 0.2) is 0 Å². The van der Waals surface area contributed by atoms with Crippen LogP contribution >= 0.6 is 12.4 Å². The Morgan fingerprint density at radius 3 is 2.59 bits per heavy atom. The molecule has 1 aliphatic rings. The summed E-state index contributed by atoms with van der Waals surface area (Å²) in [6.45, 7) is 4.97. The molecule has 17 heavy (non-hydrogen) atoms. The highest BCUT2D eigenvalue weighted by atomic mass is 35.5. The van der Waals surface area contributed by atoms with Crippen molar-refractivity contribution in [1.82, 2.24) is 10.6 Å². The zero-order valence-electron chi connectivity index (χ0n) is 11.3. The lowest BCUT2D eigenvalue weighted by atomic mass is 9.82. The molecule has 1 rings (SSSR count). The zero-order chi connectivity index (χ0) is 12.0. The Bertz CT molecular complexity index is 223. The van der Waals surface area contributed by atoms with Gasteiger partial charge in [-0.3, -0.25) is 4.79 Å². The molecule has 0 aliphatic heterocycles. The Kier molecular flexibility index (Phi) is 8.61. The van der Waals surface area contributed by atoms with Gasteiger partial charge in [0.2, 0.25) is 5.91 Å². The van der Waals surface area contributed by atoms with E-state index in [-0.39, 0.29) is 24.2 Å². The highest BCUT2D eigenvalue weighted by Gasteiger charge is 2.26. The van der Waals surface area contributed by atoms with Crippen molar-refractivity contribution in [3.8, 4) is 0 Å². The van der Waals surface area contributed by atoms with Gasteiger partial charge in [-0.15, -0.1) is 12.4 Å². The van der Waals surface area contributed by atoms with Crippen LogP contribution in [0.5, 0.6) is 0 Å². The Labute approximate surface area is 112 Å². The lowest BCUT2D eigenvalue weighted by molar-refractivity contribution is -0.125. The largest absolute Gasteiger partial charge is 0.353 e. The molecule has 0 saturated heterocycles. The quantitative estimate of drug-likeness (QED) is 0.799. The van der Waals surface area contributed by atoms with E-state index in [2.05, 4.69) is 17.6 Å². The second kappa shape index (κ2) is 8.76. The molecule has 1 fully saturated rings. The lowest BCUT2D eigenvalue weighted by Crippen LogP contribution is -2.45. The summed E-state index contributed by atoms with van der Waals surface area (Å²) >= 11 is 0. The fourth-order valence-electron chi connectivity index (χ4n) is 2.61. The number of halogens is 1. The van der Waals surface area contributed by atoms with Crippen molar-refractivity contribution in [3.63, 3.8) is 0 Å². The van der Waals surface area contributed by atoms with Gasteiger partial charge in [0.25, 0.3) is 0 Å². The maximum atomic E-state index is 11.9. The molecule has 1 saturated carbocycles. The lowest BCUT2D eigenvalue weighted by Gasteiger charge is -2.32. The second-order valence-corrected chi connectivity index (χ2v) is 5.03. The summed E-state index contributed by atoms with van der Waals surface area (Å²) in [5, 5.41) is 6.28. The van der Waals surface area contributed by atoms with Crippen LogP contribution in [0.1, 0.15) is 46.0 Å². The molecule has 1 amide bonds. The Morgan fingerprint density at radius 1 is 1.35 bits per heavy atom. The maximum absolute atomic E-state index is 11.9. The van der Waals surface area contributed by atoms with Crippen molar-refractivity contribution < 1.29 is 4.79 Å². The van der Waals surface area contributed by atoms with Crippen molar-refractivity contribution in [2.75, 3.05) is 13.6 Å². The van der Waals surface area contributed by atoms with Crippen LogP contribution in [0.2, 0.25) is 0 Å². The first kappa shape index (κ1) is 16.7. The smallest absolute Gasteiger partial charge is 0.224 e. The van der Waals surface area contributed by atoms with Crippen LogP contribution in [-0.4, -0.2) is 25.5 Å². The van der Waals surface area contributed by atoms with E-state index in [0.29, 0.717) is 12.0 Å². The fourth-order valence-corrected chi connectivity index (χ4v) is 2.61. The topological polar surface area (TPSA) is 41.1 Å². The number of carbonyl (C=O) groups excluding carboxylic acids is 1. The van der Waals surface area contributed by atoms with Gasteiger partial charge in [0.1, 0.15) is 0 Å². The van der Waals surface area contributed by atoms with E-state index in [9.17, 15) is 4.79 Å². The predicted octanol–water partition coefficient (Wildman–Crippen LogP) is 2.35. The van der Waals surface area contributed by atoms with Crippen LogP contribution in [0.3, 0.4) is 0 Å². The molecule has 1 aliphatic carbocycles. The molecule has 3 unspecified atom stereocenters. The molecule has 0 radical (unpaired) electrons. The van der Waals surface area contributed by atoms with Crippen molar-refractivity contribution >= 4 is 18.3 Å². The predicted molar refractivity (Wildman–Crippen MR) is 74.5 cm³/mol. The number of nitrogens with one attached hydrogen (secondary N) is 2. The van der Waals surface area contributed by atoms with Crippen molar-refractivity contribution in [1.29, 1.82) is 0 Å². The molecule has 0 aromatic rings. The Hall–Kier alpha value is -0.280. The molecule has 0 aromatic carbocycles. The summed E-state index contributed by atoms with van der Waals surface area (Å²) in [5.41, 5.74) is 0. The van der Waals surface area contributed by atoms with Crippen LogP contribution in [0.25, 0.3) is 0 Å². The molecule has 102 valence electrons. The molecule has 0 bridgehead atoms. The van der Waals surface area contributed by atoms with Crippen LogP contribution in [0, 0.1) is 11.8 Å². The monoisotopic (exact) mass is 262 g/mol. The summed E-state index contributed by atoms with van der Waals surface area (Å²) in [6.07, 6.45) is 6.22. The summed E-state index contributed by atoms with van der Waals surface area (Å²) < 4.78 is 0. The van der Waals surface area contributed by atoms with Gasteiger partial charge in [-0.2, -0.15) is 0 Å². The van der Waals surface area contributed by atoms with Gasteiger partial charge >= 0.3 is 0 Å². The van der Waals surface area contributed by atoms with Crippen molar-refractivity contribution in [2.24, 2.45) is 11.8 Å². The third-order valence-electron chi connectivity index (χ3n) is 3.72. The number of rotatable bonds is 5. The molecule has 2 N–H and O–H groups in total. The van der Waals surface area contributed by atoms with Gasteiger partial charge in [-0.05, 0) is 25.8 Å². The van der Waals surface area contributed by atoms with E-state index in [1.807, 2.05) is 14.0 Å². The van der Waals surface area contributed by atoms with E-state index < -0.39 is 0 Å². The van der Waals surface area contributed by atoms with E-state index in [4.69, 9.17) is 0 Å². The molecule has 3 atom stereocenters.